The summed E-state index contributed by atoms with van der Waals surface area (Å²) >= 11 is 0. The molecule has 0 heterocycles. The second-order valence-electron chi connectivity index (χ2n) is 5.61. The lowest BCUT2D eigenvalue weighted by Crippen LogP contribution is -2.23. The van der Waals surface area contributed by atoms with Crippen molar-refractivity contribution in [2.45, 2.75) is 84.0 Å². The average Bonchev–Trinajstić information content (AvgIpc) is 2.49. The lowest BCUT2D eigenvalue weighted by atomic mass is 10.1. The van der Waals surface area contributed by atoms with Gasteiger partial charge in [0.1, 0.15) is 6.54 Å². The summed E-state index contributed by atoms with van der Waals surface area (Å²) in [5, 5.41) is 2.29. The molecule has 4 nitrogen and oxygen atoms in total. The van der Waals surface area contributed by atoms with Gasteiger partial charge in [-0.1, -0.05) is 77.6 Å². The number of rotatable bonds is 16. The van der Waals surface area contributed by atoms with Crippen LogP contribution in [-0.4, -0.2) is 25.5 Å². The Bertz CT molecular complexity index is 244. The predicted octanol–water partition coefficient (Wildman–Crippen LogP) is 3.98. The minimum atomic E-state index is -0.356. The van der Waals surface area contributed by atoms with E-state index in [0.717, 1.165) is 12.8 Å². The summed E-state index contributed by atoms with van der Waals surface area (Å²) < 4.78 is 4.98. The number of carbonyl (C=O) groups excluding carboxylic acids is 2. The highest BCUT2D eigenvalue weighted by Crippen LogP contribution is 2.11. The topological polar surface area (TPSA) is 55.4 Å². The molecule has 0 aliphatic carbocycles. The molecular weight excluding hydrogens is 266 g/mol. The highest BCUT2D eigenvalue weighted by molar-refractivity contribution is 5.73. The minimum absolute atomic E-state index is 0.0260. The Morgan fingerprint density at radius 1 is 0.857 bits per heavy atom. The van der Waals surface area contributed by atoms with Crippen molar-refractivity contribution < 1.29 is 14.3 Å². The molecule has 124 valence electrons. The quantitative estimate of drug-likeness (QED) is 0.266. The van der Waals surface area contributed by atoms with E-state index in [1.165, 1.54) is 64.2 Å². The first kappa shape index (κ1) is 19.9. The maximum absolute atomic E-state index is 11.1. The van der Waals surface area contributed by atoms with E-state index < -0.39 is 0 Å². The third-order valence-electron chi connectivity index (χ3n) is 3.59. The van der Waals surface area contributed by atoms with E-state index in [0.29, 0.717) is 13.0 Å². The largest absolute Gasteiger partial charge is 0.464 e. The molecular formula is C17H33NO3. The van der Waals surface area contributed by atoms with Crippen LogP contribution in [0.1, 0.15) is 84.0 Å². The molecule has 0 aliphatic rings. The summed E-state index contributed by atoms with van der Waals surface area (Å²) in [7, 11) is 0. The minimum Gasteiger partial charge on any atom is -0.464 e. The molecule has 1 amide bonds. The molecule has 0 radical (unpaired) electrons. The number of ether oxygens (including phenoxy) is 1. The van der Waals surface area contributed by atoms with Crippen molar-refractivity contribution in [2.24, 2.45) is 0 Å². The van der Waals surface area contributed by atoms with Crippen LogP contribution in [0.2, 0.25) is 0 Å². The fourth-order valence-electron chi connectivity index (χ4n) is 2.31. The Labute approximate surface area is 130 Å². The molecule has 4 heteroatoms. The fraction of sp³-hybridized carbons (Fsp3) is 0.882. The van der Waals surface area contributed by atoms with Gasteiger partial charge in [0, 0.05) is 0 Å². The van der Waals surface area contributed by atoms with E-state index in [1.54, 1.807) is 0 Å². The molecule has 21 heavy (non-hydrogen) atoms. The highest BCUT2D eigenvalue weighted by Gasteiger charge is 2.00. The first-order valence-corrected chi connectivity index (χ1v) is 8.64. The maximum atomic E-state index is 11.1. The van der Waals surface area contributed by atoms with Crippen LogP contribution in [0.4, 0.5) is 0 Å². The molecule has 0 saturated heterocycles. The SMILES string of the molecule is CCCCCCCCCCCCCCOC(=O)CNC=O. The number of carbonyl (C=O) groups is 2. The van der Waals surface area contributed by atoms with Crippen molar-refractivity contribution in [3.8, 4) is 0 Å². The second-order valence-corrected chi connectivity index (χ2v) is 5.61. The third-order valence-corrected chi connectivity index (χ3v) is 3.59. The van der Waals surface area contributed by atoms with Crippen molar-refractivity contribution in [2.75, 3.05) is 13.2 Å². The summed E-state index contributed by atoms with van der Waals surface area (Å²) in [4.78, 5) is 21.0. The van der Waals surface area contributed by atoms with E-state index in [1.807, 2.05) is 0 Å². The zero-order valence-corrected chi connectivity index (χ0v) is 13.7. The van der Waals surface area contributed by atoms with Gasteiger partial charge < -0.3 is 10.1 Å². The lowest BCUT2D eigenvalue weighted by molar-refractivity contribution is -0.143. The van der Waals surface area contributed by atoms with Crippen molar-refractivity contribution in [1.29, 1.82) is 0 Å². The molecule has 0 spiro atoms. The first-order chi connectivity index (χ1) is 10.3. The number of hydrogen-bond acceptors (Lipinski definition) is 3. The Kier molecular flexibility index (Phi) is 16.1. The first-order valence-electron chi connectivity index (χ1n) is 8.64. The van der Waals surface area contributed by atoms with Crippen LogP contribution in [0.3, 0.4) is 0 Å². The Balaban J connectivity index is 3.05. The van der Waals surface area contributed by atoms with Gasteiger partial charge in [-0.15, -0.1) is 0 Å². The molecule has 1 N–H and O–H groups in total. The van der Waals surface area contributed by atoms with Gasteiger partial charge in [-0.05, 0) is 6.42 Å². The number of nitrogens with one attached hydrogen (secondary N) is 1. The summed E-state index contributed by atoms with van der Waals surface area (Å²) in [5.41, 5.74) is 0. The van der Waals surface area contributed by atoms with E-state index in [-0.39, 0.29) is 12.5 Å². The molecule has 0 fully saturated rings. The van der Waals surface area contributed by atoms with Gasteiger partial charge in [-0.25, -0.2) is 0 Å². The van der Waals surface area contributed by atoms with Crippen LogP contribution in [0, 0.1) is 0 Å². The van der Waals surface area contributed by atoms with Gasteiger partial charge in [-0.3, -0.25) is 9.59 Å². The fourth-order valence-corrected chi connectivity index (χ4v) is 2.31. The van der Waals surface area contributed by atoms with Crippen molar-refractivity contribution in [3.05, 3.63) is 0 Å². The summed E-state index contributed by atoms with van der Waals surface area (Å²) in [6.07, 6.45) is 16.0. The maximum Gasteiger partial charge on any atom is 0.325 e. The van der Waals surface area contributed by atoms with Gasteiger partial charge >= 0.3 is 5.97 Å². The molecule has 0 aliphatic heterocycles. The van der Waals surface area contributed by atoms with Gasteiger partial charge in [0.25, 0.3) is 0 Å². The summed E-state index contributed by atoms with van der Waals surface area (Å²) in [6.45, 7) is 2.70. The van der Waals surface area contributed by atoms with E-state index >= 15 is 0 Å². The Hall–Kier alpha value is -1.06. The molecule has 0 aromatic carbocycles. The molecule has 0 saturated carbocycles. The Morgan fingerprint density at radius 3 is 1.81 bits per heavy atom. The van der Waals surface area contributed by atoms with Crippen LogP contribution < -0.4 is 5.32 Å². The number of unbranched alkanes of at least 4 members (excludes halogenated alkanes) is 11. The Morgan fingerprint density at radius 2 is 1.33 bits per heavy atom. The van der Waals surface area contributed by atoms with E-state index in [9.17, 15) is 9.59 Å². The van der Waals surface area contributed by atoms with Crippen molar-refractivity contribution in [1.82, 2.24) is 5.32 Å². The highest BCUT2D eigenvalue weighted by atomic mass is 16.5. The van der Waals surface area contributed by atoms with Gasteiger partial charge in [0.2, 0.25) is 6.41 Å². The van der Waals surface area contributed by atoms with Crippen LogP contribution in [0.5, 0.6) is 0 Å². The molecule has 0 aromatic heterocycles. The molecule has 0 atom stereocenters. The smallest absolute Gasteiger partial charge is 0.325 e. The second kappa shape index (κ2) is 17.0. The summed E-state index contributed by atoms with van der Waals surface area (Å²) in [5.74, 6) is -0.356. The zero-order valence-electron chi connectivity index (χ0n) is 13.7. The van der Waals surface area contributed by atoms with Gasteiger partial charge in [-0.2, -0.15) is 0 Å². The van der Waals surface area contributed by atoms with E-state index in [2.05, 4.69) is 12.2 Å². The number of hydrogen-bond donors (Lipinski definition) is 1. The number of amides is 1. The van der Waals surface area contributed by atoms with E-state index in [4.69, 9.17) is 4.74 Å². The van der Waals surface area contributed by atoms with Crippen LogP contribution in [0.25, 0.3) is 0 Å². The van der Waals surface area contributed by atoms with Crippen LogP contribution in [-0.2, 0) is 14.3 Å². The van der Waals surface area contributed by atoms with Crippen molar-refractivity contribution in [3.63, 3.8) is 0 Å². The zero-order chi connectivity index (χ0) is 15.6. The lowest BCUT2D eigenvalue weighted by Gasteiger charge is -2.04. The summed E-state index contributed by atoms with van der Waals surface area (Å²) in [6, 6.07) is 0. The van der Waals surface area contributed by atoms with Gasteiger partial charge in [0.15, 0.2) is 0 Å². The molecule has 0 rings (SSSR count). The monoisotopic (exact) mass is 299 g/mol. The van der Waals surface area contributed by atoms with Crippen molar-refractivity contribution >= 4 is 12.4 Å². The standard InChI is InChI=1S/C17H33NO3/c1-2-3-4-5-6-7-8-9-10-11-12-13-14-21-17(20)15-18-16-19/h16H,2-15H2,1H3,(H,18,19). The van der Waals surface area contributed by atoms with Crippen LogP contribution >= 0.6 is 0 Å². The average molecular weight is 299 g/mol. The molecule has 0 unspecified atom stereocenters. The van der Waals surface area contributed by atoms with Gasteiger partial charge in [0.05, 0.1) is 6.61 Å². The predicted molar refractivity (Wildman–Crippen MR) is 86.1 cm³/mol. The number of esters is 1. The van der Waals surface area contributed by atoms with Crippen LogP contribution in [0.15, 0.2) is 0 Å². The normalized spacial score (nSPS) is 10.3. The molecule has 0 aromatic rings. The molecule has 0 bridgehead atoms. The third kappa shape index (κ3) is 16.9.